The van der Waals surface area contributed by atoms with Crippen LogP contribution < -0.4 is 20.1 Å². The van der Waals surface area contributed by atoms with Crippen molar-refractivity contribution in [2.45, 2.75) is 13.1 Å². The Hall–Kier alpha value is -6.78. The van der Waals surface area contributed by atoms with Crippen molar-refractivity contribution in [3.63, 3.8) is 0 Å². The van der Waals surface area contributed by atoms with Gasteiger partial charge in [-0.3, -0.25) is 14.8 Å². The van der Waals surface area contributed by atoms with E-state index in [4.69, 9.17) is 9.47 Å². The zero-order valence-corrected chi connectivity index (χ0v) is 26.5. The van der Waals surface area contributed by atoms with Gasteiger partial charge in [-0.25, -0.2) is 9.59 Å². The Morgan fingerprint density at radius 1 is 0.500 bits per heavy atom. The molecule has 0 saturated carbocycles. The molecule has 246 valence electrons. The minimum Gasteiger partial charge on any atom is -0.410 e. The number of hydrogen-bond acceptors (Lipinski definition) is 7. The van der Waals surface area contributed by atoms with Gasteiger partial charge < -0.3 is 20.1 Å². The van der Waals surface area contributed by atoms with Gasteiger partial charge in [0, 0.05) is 35.3 Å². The van der Waals surface area contributed by atoms with Crippen molar-refractivity contribution in [2.75, 3.05) is 0 Å². The standard InChI is InChI=1S/C40H29N3O7/c44-37-35-33(29-19-9-11-21-31(29)49-39(46)41-23-25-13-3-1-4-14-25)27-17-7-8-18-28(27)34(36(35)38(45)43(37)48)30-20-10-12-22-32(30)50-40(47)42-24-26-15-5-2-6-16-26/h1-22,48H,23-24H2,(H,41,46)(H,42,47). The molecule has 1 heterocycles. The minimum atomic E-state index is -0.950. The second kappa shape index (κ2) is 13.8. The average Bonchev–Trinajstić information content (AvgIpc) is 3.37. The SMILES string of the molecule is O=C(NCc1ccccc1)Oc1ccccc1-c1c2c(c(-c3ccccc3OC(=O)NCc3ccccc3)c3ccccc13)C(=O)N(O)C2=O. The van der Waals surface area contributed by atoms with Crippen LogP contribution >= 0.6 is 0 Å². The molecule has 0 radical (unpaired) electrons. The number of rotatable bonds is 8. The molecule has 4 amide bonds. The van der Waals surface area contributed by atoms with Crippen LogP contribution in [0.2, 0.25) is 0 Å². The zero-order chi connectivity index (χ0) is 34.6. The number of hydroxylamine groups is 2. The summed E-state index contributed by atoms with van der Waals surface area (Å²) in [7, 11) is 0. The van der Waals surface area contributed by atoms with Crippen molar-refractivity contribution in [1.29, 1.82) is 0 Å². The monoisotopic (exact) mass is 663 g/mol. The summed E-state index contributed by atoms with van der Waals surface area (Å²) in [4.78, 5) is 53.4. The number of hydrogen-bond donors (Lipinski definition) is 3. The molecule has 3 N–H and O–H groups in total. The van der Waals surface area contributed by atoms with E-state index in [2.05, 4.69) is 10.6 Å². The van der Waals surface area contributed by atoms with Gasteiger partial charge in [-0.05, 0) is 34.0 Å². The maximum atomic E-state index is 13.7. The molecule has 1 aliphatic rings. The van der Waals surface area contributed by atoms with Gasteiger partial charge in [0.25, 0.3) is 11.8 Å². The van der Waals surface area contributed by atoms with E-state index in [-0.39, 0.29) is 40.8 Å². The first kappa shape index (κ1) is 31.8. The zero-order valence-electron chi connectivity index (χ0n) is 26.5. The van der Waals surface area contributed by atoms with Crippen LogP contribution in [-0.2, 0) is 13.1 Å². The molecule has 0 spiro atoms. The second-order valence-electron chi connectivity index (χ2n) is 11.4. The van der Waals surface area contributed by atoms with Gasteiger partial charge in [-0.15, -0.1) is 5.06 Å². The molecule has 0 atom stereocenters. The number of nitrogens with one attached hydrogen (secondary N) is 2. The average molecular weight is 664 g/mol. The molecular formula is C40H29N3O7. The lowest BCUT2D eigenvalue weighted by Gasteiger charge is -2.20. The lowest BCUT2D eigenvalue weighted by molar-refractivity contribution is -0.0326. The lowest BCUT2D eigenvalue weighted by atomic mass is 9.84. The Morgan fingerprint density at radius 3 is 1.28 bits per heavy atom. The topological polar surface area (TPSA) is 134 Å². The number of ether oxygens (including phenoxy) is 2. The van der Waals surface area contributed by atoms with E-state index in [0.29, 0.717) is 33.0 Å². The van der Waals surface area contributed by atoms with Crippen LogP contribution in [0, 0.1) is 0 Å². The molecule has 7 rings (SSSR count). The van der Waals surface area contributed by atoms with Crippen molar-refractivity contribution in [3.8, 4) is 33.8 Å². The Labute approximate surface area is 286 Å². The summed E-state index contributed by atoms with van der Waals surface area (Å²) in [5, 5.41) is 17.4. The number of nitrogens with zero attached hydrogens (tertiary/aromatic N) is 1. The molecule has 6 aromatic rings. The predicted molar refractivity (Wildman–Crippen MR) is 186 cm³/mol. The van der Waals surface area contributed by atoms with E-state index in [1.54, 1.807) is 72.8 Å². The summed E-state index contributed by atoms with van der Waals surface area (Å²) in [6.07, 6.45) is -1.44. The summed E-state index contributed by atoms with van der Waals surface area (Å²) in [5.74, 6) is -1.63. The fraction of sp³-hybridized carbons (Fsp3) is 0.0500. The van der Waals surface area contributed by atoms with Crippen LogP contribution in [-0.4, -0.2) is 34.3 Å². The molecule has 50 heavy (non-hydrogen) atoms. The second-order valence-corrected chi connectivity index (χ2v) is 11.4. The Kier molecular flexibility index (Phi) is 8.75. The molecule has 0 aromatic heterocycles. The van der Waals surface area contributed by atoms with Gasteiger partial charge in [-0.1, -0.05) is 121 Å². The Balaban J connectivity index is 1.32. The summed E-state index contributed by atoms with van der Waals surface area (Å²) >= 11 is 0. The molecule has 0 unspecified atom stereocenters. The number of fused-ring (bicyclic) bond motifs is 2. The number of amides is 4. The predicted octanol–water partition coefficient (Wildman–Crippen LogP) is 7.74. The first-order chi connectivity index (χ1) is 24.4. The summed E-state index contributed by atoms with van der Waals surface area (Å²) in [6.45, 7) is 0.459. The summed E-state index contributed by atoms with van der Waals surface area (Å²) in [5.41, 5.74) is 2.86. The van der Waals surface area contributed by atoms with Gasteiger partial charge in [0.15, 0.2) is 0 Å². The van der Waals surface area contributed by atoms with Crippen LogP contribution in [0.3, 0.4) is 0 Å². The Bertz CT molecular complexity index is 2110. The highest BCUT2D eigenvalue weighted by atomic mass is 16.6. The molecule has 6 aromatic carbocycles. The lowest BCUT2D eigenvalue weighted by Crippen LogP contribution is -2.26. The molecule has 10 nitrogen and oxygen atoms in total. The molecule has 10 heteroatoms. The smallest absolute Gasteiger partial charge is 0.410 e. The van der Waals surface area contributed by atoms with E-state index >= 15 is 0 Å². The van der Waals surface area contributed by atoms with Crippen molar-refractivity contribution >= 4 is 34.8 Å². The normalized spacial score (nSPS) is 12.1. The van der Waals surface area contributed by atoms with E-state index < -0.39 is 24.0 Å². The number of para-hydroxylation sites is 2. The minimum absolute atomic E-state index is 0.0720. The van der Waals surface area contributed by atoms with Crippen LogP contribution in [0.15, 0.2) is 133 Å². The summed E-state index contributed by atoms with van der Waals surface area (Å²) < 4.78 is 11.5. The van der Waals surface area contributed by atoms with Crippen molar-refractivity contribution in [2.24, 2.45) is 0 Å². The highest BCUT2D eigenvalue weighted by molar-refractivity contribution is 6.31. The first-order valence-corrected chi connectivity index (χ1v) is 15.7. The molecule has 0 aliphatic carbocycles. The fourth-order valence-corrected chi connectivity index (χ4v) is 6.07. The fourth-order valence-electron chi connectivity index (χ4n) is 6.07. The maximum absolute atomic E-state index is 13.7. The van der Waals surface area contributed by atoms with Gasteiger partial charge in [-0.2, -0.15) is 0 Å². The largest absolute Gasteiger partial charge is 0.412 e. The van der Waals surface area contributed by atoms with E-state index in [1.165, 1.54) is 0 Å². The summed E-state index contributed by atoms with van der Waals surface area (Å²) in [6, 6.07) is 39.1. The van der Waals surface area contributed by atoms with Crippen LogP contribution in [0.4, 0.5) is 9.59 Å². The van der Waals surface area contributed by atoms with Crippen LogP contribution in [0.1, 0.15) is 31.8 Å². The van der Waals surface area contributed by atoms with Gasteiger partial charge in [0.05, 0.1) is 11.1 Å². The molecule has 0 fully saturated rings. The Morgan fingerprint density at radius 2 is 0.860 bits per heavy atom. The van der Waals surface area contributed by atoms with Crippen LogP contribution in [0.5, 0.6) is 11.5 Å². The number of benzene rings is 6. The first-order valence-electron chi connectivity index (χ1n) is 15.7. The van der Waals surface area contributed by atoms with E-state index in [1.807, 2.05) is 60.7 Å². The van der Waals surface area contributed by atoms with E-state index in [0.717, 1.165) is 11.1 Å². The van der Waals surface area contributed by atoms with Crippen molar-refractivity contribution in [3.05, 3.63) is 156 Å². The van der Waals surface area contributed by atoms with Crippen molar-refractivity contribution < 1.29 is 33.9 Å². The molecule has 1 aliphatic heterocycles. The van der Waals surface area contributed by atoms with Gasteiger partial charge >= 0.3 is 12.2 Å². The third-order valence-electron chi connectivity index (χ3n) is 8.31. The third kappa shape index (κ3) is 6.14. The highest BCUT2D eigenvalue weighted by Gasteiger charge is 2.42. The molecular weight excluding hydrogens is 634 g/mol. The number of imide groups is 1. The van der Waals surface area contributed by atoms with Crippen molar-refractivity contribution in [1.82, 2.24) is 15.7 Å². The highest BCUT2D eigenvalue weighted by Crippen LogP contribution is 2.48. The number of carbonyl (C=O) groups is 4. The molecule has 0 saturated heterocycles. The quantitative estimate of drug-likeness (QED) is 0.112. The number of carbonyl (C=O) groups excluding carboxylic acids is 4. The van der Waals surface area contributed by atoms with Gasteiger partial charge in [0.2, 0.25) is 0 Å². The van der Waals surface area contributed by atoms with Gasteiger partial charge in [0.1, 0.15) is 11.5 Å². The molecule has 0 bridgehead atoms. The van der Waals surface area contributed by atoms with Crippen LogP contribution in [0.25, 0.3) is 33.0 Å². The van der Waals surface area contributed by atoms with E-state index in [9.17, 15) is 24.4 Å². The maximum Gasteiger partial charge on any atom is 0.412 e. The third-order valence-corrected chi connectivity index (χ3v) is 8.31.